The van der Waals surface area contributed by atoms with Crippen LogP contribution in [0.4, 0.5) is 19.0 Å². The van der Waals surface area contributed by atoms with Crippen molar-refractivity contribution in [2.45, 2.75) is 31.5 Å². The van der Waals surface area contributed by atoms with Gasteiger partial charge in [-0.15, -0.1) is 0 Å². The van der Waals surface area contributed by atoms with Gasteiger partial charge in [0.2, 0.25) is 5.91 Å². The molecule has 2 aromatic heterocycles. The van der Waals surface area contributed by atoms with Gasteiger partial charge in [0.1, 0.15) is 11.0 Å². The van der Waals surface area contributed by atoms with Crippen LogP contribution < -0.4 is 10.6 Å². The van der Waals surface area contributed by atoms with Crippen molar-refractivity contribution in [3.63, 3.8) is 0 Å². The van der Waals surface area contributed by atoms with Gasteiger partial charge in [-0.3, -0.25) is 9.78 Å². The first-order valence-electron chi connectivity index (χ1n) is 9.22. The number of nitrogens with one attached hydrogen (secondary N) is 2. The number of pyridine rings is 1. The van der Waals surface area contributed by atoms with Crippen LogP contribution in [-0.2, 0) is 11.0 Å². The molecule has 4 rings (SSSR count). The molecule has 2 N–H and O–H groups in total. The Morgan fingerprint density at radius 1 is 1.03 bits per heavy atom. The highest BCUT2D eigenvalue weighted by atomic mass is 19.4. The molecule has 0 aliphatic carbocycles. The van der Waals surface area contributed by atoms with Crippen molar-refractivity contribution < 1.29 is 18.0 Å². The number of alkyl halides is 3. The van der Waals surface area contributed by atoms with Crippen LogP contribution in [0, 0.1) is 0 Å². The average Bonchev–Trinajstić information content (AvgIpc) is 2.91. The van der Waals surface area contributed by atoms with E-state index in [4.69, 9.17) is 0 Å². The van der Waals surface area contributed by atoms with Crippen LogP contribution in [0.3, 0.4) is 0 Å². The molecule has 0 saturated carbocycles. The molecule has 0 radical (unpaired) electrons. The second-order valence-electron chi connectivity index (χ2n) is 6.89. The normalized spacial score (nSPS) is 17.6. The van der Waals surface area contributed by atoms with Crippen molar-refractivity contribution in [2.24, 2.45) is 0 Å². The topological polar surface area (TPSA) is 79.8 Å². The molecular weight excluding hydrogens is 383 g/mol. The molecule has 3 heterocycles. The molecular formula is C20H18F3N5O. The molecule has 3 aromatic rings. The van der Waals surface area contributed by atoms with Crippen molar-refractivity contribution in [1.82, 2.24) is 20.3 Å². The van der Waals surface area contributed by atoms with Gasteiger partial charge in [0, 0.05) is 43.2 Å². The maximum Gasteiger partial charge on any atom is 0.416 e. The van der Waals surface area contributed by atoms with Crippen molar-refractivity contribution in [1.29, 1.82) is 0 Å². The van der Waals surface area contributed by atoms with Crippen molar-refractivity contribution in [3.05, 3.63) is 48.4 Å². The summed E-state index contributed by atoms with van der Waals surface area (Å²) < 4.78 is 38.5. The molecule has 1 aromatic carbocycles. The molecule has 0 spiro atoms. The molecule has 1 amide bonds. The van der Waals surface area contributed by atoms with Gasteiger partial charge in [0.05, 0.1) is 5.56 Å². The lowest BCUT2D eigenvalue weighted by Crippen LogP contribution is -2.27. The van der Waals surface area contributed by atoms with Gasteiger partial charge in [-0.2, -0.15) is 13.2 Å². The van der Waals surface area contributed by atoms with Crippen LogP contribution >= 0.6 is 0 Å². The SMILES string of the molecule is O=C1CC(Nc2ncc(-c3ccc(C(F)(F)F)cc3)c3nccnc23)CCCN1. The predicted octanol–water partition coefficient (Wildman–Crippen LogP) is 3.79. The second-order valence-corrected chi connectivity index (χ2v) is 6.89. The minimum atomic E-state index is -4.39. The van der Waals surface area contributed by atoms with Crippen molar-refractivity contribution >= 4 is 22.8 Å². The maximum atomic E-state index is 12.8. The van der Waals surface area contributed by atoms with Crippen molar-refractivity contribution in [3.8, 4) is 11.1 Å². The molecule has 29 heavy (non-hydrogen) atoms. The third-order valence-corrected chi connectivity index (χ3v) is 4.85. The number of amides is 1. The summed E-state index contributed by atoms with van der Waals surface area (Å²) in [7, 11) is 0. The number of aromatic nitrogens is 3. The van der Waals surface area contributed by atoms with E-state index in [1.54, 1.807) is 6.20 Å². The summed E-state index contributed by atoms with van der Waals surface area (Å²) in [6.45, 7) is 0.651. The van der Waals surface area contributed by atoms with Crippen LogP contribution in [0.1, 0.15) is 24.8 Å². The fraction of sp³-hybridized carbons (Fsp3) is 0.300. The standard InChI is InChI=1S/C20H18F3N5O/c21-20(22,23)13-5-3-12(4-6-13)15-11-27-19(18-17(15)25-8-9-26-18)28-14-2-1-7-24-16(29)10-14/h3-6,8-9,11,14H,1-2,7,10H2,(H,24,29)(H,27,28). The molecule has 6 nitrogen and oxygen atoms in total. The molecule has 1 unspecified atom stereocenters. The summed E-state index contributed by atoms with van der Waals surface area (Å²) >= 11 is 0. The molecule has 1 atom stereocenters. The Morgan fingerprint density at radius 3 is 2.48 bits per heavy atom. The lowest BCUT2D eigenvalue weighted by atomic mass is 10.0. The number of fused-ring (bicyclic) bond motifs is 1. The van der Waals surface area contributed by atoms with E-state index in [-0.39, 0.29) is 11.9 Å². The largest absolute Gasteiger partial charge is 0.416 e. The minimum Gasteiger partial charge on any atom is -0.365 e. The summed E-state index contributed by atoms with van der Waals surface area (Å²) in [6.07, 6.45) is 2.24. The van der Waals surface area contributed by atoms with Crippen molar-refractivity contribution in [2.75, 3.05) is 11.9 Å². The van der Waals surface area contributed by atoms with Crippen LogP contribution in [0.2, 0.25) is 0 Å². The number of carbonyl (C=O) groups is 1. The Bertz CT molecular complexity index is 1040. The molecule has 1 saturated heterocycles. The Labute approximate surface area is 164 Å². The summed E-state index contributed by atoms with van der Waals surface area (Å²) in [6, 6.07) is 4.79. The third-order valence-electron chi connectivity index (χ3n) is 4.85. The first-order valence-corrected chi connectivity index (χ1v) is 9.22. The van der Waals surface area contributed by atoms with Gasteiger partial charge in [-0.25, -0.2) is 9.97 Å². The zero-order valence-electron chi connectivity index (χ0n) is 15.3. The fourth-order valence-electron chi connectivity index (χ4n) is 3.41. The Balaban J connectivity index is 1.69. The minimum absolute atomic E-state index is 0.0169. The fourth-order valence-corrected chi connectivity index (χ4v) is 3.41. The summed E-state index contributed by atoms with van der Waals surface area (Å²) in [5.41, 5.74) is 1.48. The smallest absolute Gasteiger partial charge is 0.365 e. The summed E-state index contributed by atoms with van der Waals surface area (Å²) in [5, 5.41) is 6.11. The van der Waals surface area contributed by atoms with E-state index in [1.165, 1.54) is 24.5 Å². The number of carbonyl (C=O) groups excluding carboxylic acids is 1. The number of rotatable bonds is 3. The Morgan fingerprint density at radius 2 is 1.76 bits per heavy atom. The van der Waals surface area contributed by atoms with E-state index in [1.807, 2.05) is 0 Å². The van der Waals surface area contributed by atoms with E-state index in [2.05, 4.69) is 25.6 Å². The zero-order chi connectivity index (χ0) is 20.4. The molecule has 9 heteroatoms. The number of hydrogen-bond donors (Lipinski definition) is 2. The highest BCUT2D eigenvalue weighted by Gasteiger charge is 2.30. The van der Waals surface area contributed by atoms with Gasteiger partial charge in [-0.1, -0.05) is 12.1 Å². The maximum absolute atomic E-state index is 12.8. The Kier molecular flexibility index (Phi) is 5.04. The van der Waals surface area contributed by atoms with E-state index < -0.39 is 11.7 Å². The monoisotopic (exact) mass is 401 g/mol. The number of halogens is 3. The molecule has 0 bridgehead atoms. The van der Waals surface area contributed by atoms with Gasteiger partial charge < -0.3 is 10.6 Å². The third kappa shape index (κ3) is 4.13. The first kappa shape index (κ1) is 19.1. The number of benzene rings is 1. The quantitative estimate of drug-likeness (QED) is 0.698. The zero-order valence-corrected chi connectivity index (χ0v) is 15.3. The van der Waals surface area contributed by atoms with Crippen LogP contribution in [0.25, 0.3) is 22.2 Å². The van der Waals surface area contributed by atoms with Gasteiger partial charge in [-0.05, 0) is 30.5 Å². The second kappa shape index (κ2) is 7.65. The van der Waals surface area contributed by atoms with Crippen LogP contribution in [0.15, 0.2) is 42.9 Å². The summed E-state index contributed by atoms with van der Waals surface area (Å²) in [4.78, 5) is 25.0. The molecule has 1 fully saturated rings. The lowest BCUT2D eigenvalue weighted by Gasteiger charge is -2.17. The average molecular weight is 401 g/mol. The van der Waals surface area contributed by atoms with Gasteiger partial charge in [0.25, 0.3) is 0 Å². The van der Waals surface area contributed by atoms with E-state index in [0.29, 0.717) is 40.9 Å². The highest BCUT2D eigenvalue weighted by Crippen LogP contribution is 2.33. The van der Waals surface area contributed by atoms with Crippen LogP contribution in [0.5, 0.6) is 0 Å². The number of hydrogen-bond acceptors (Lipinski definition) is 5. The van der Waals surface area contributed by atoms with Crippen LogP contribution in [-0.4, -0.2) is 33.4 Å². The van der Waals surface area contributed by atoms with Gasteiger partial charge in [0.15, 0.2) is 5.82 Å². The van der Waals surface area contributed by atoms with E-state index in [9.17, 15) is 18.0 Å². The lowest BCUT2D eigenvalue weighted by molar-refractivity contribution is -0.137. The predicted molar refractivity (Wildman–Crippen MR) is 102 cm³/mol. The molecule has 1 aliphatic heterocycles. The van der Waals surface area contributed by atoms with E-state index in [0.717, 1.165) is 25.0 Å². The Hall–Kier alpha value is -3.23. The molecule has 150 valence electrons. The van der Waals surface area contributed by atoms with E-state index >= 15 is 0 Å². The summed E-state index contributed by atoms with van der Waals surface area (Å²) in [5.74, 6) is 0.486. The number of anilines is 1. The highest BCUT2D eigenvalue weighted by molar-refractivity contribution is 5.96. The first-order chi connectivity index (χ1) is 13.9. The number of nitrogens with zero attached hydrogens (tertiary/aromatic N) is 3. The van der Waals surface area contributed by atoms with Gasteiger partial charge >= 0.3 is 6.18 Å². The molecule has 1 aliphatic rings.